The normalized spacial score (nSPS) is 11.7. The zero-order chi connectivity index (χ0) is 25.4. The number of hydrogen-bond donors (Lipinski definition) is 1. The van der Waals surface area contributed by atoms with E-state index in [4.69, 9.17) is 34.8 Å². The number of amides is 2. The van der Waals surface area contributed by atoms with Crippen LogP contribution in [-0.2, 0) is 29.0 Å². The fourth-order valence-electron chi connectivity index (χ4n) is 3.71. The molecule has 0 fully saturated rings. The van der Waals surface area contributed by atoms with Gasteiger partial charge in [-0.25, -0.2) is 4.39 Å². The average Bonchev–Trinajstić information content (AvgIpc) is 2.84. The van der Waals surface area contributed by atoms with Crippen LogP contribution in [0.25, 0.3) is 0 Å². The minimum Gasteiger partial charge on any atom is -0.354 e. The number of nitrogens with zero attached hydrogens (tertiary/aromatic N) is 1. The second-order valence-electron chi connectivity index (χ2n) is 8.14. The summed E-state index contributed by atoms with van der Waals surface area (Å²) in [6.07, 6.45) is 0.739. The molecule has 184 valence electrons. The van der Waals surface area contributed by atoms with Crippen molar-refractivity contribution in [1.82, 2.24) is 10.2 Å². The quantitative estimate of drug-likeness (QED) is 0.322. The number of hydrogen-bond acceptors (Lipinski definition) is 2. The maximum Gasteiger partial charge on any atom is 0.243 e. The van der Waals surface area contributed by atoms with Gasteiger partial charge >= 0.3 is 0 Å². The molecule has 0 saturated heterocycles. The summed E-state index contributed by atoms with van der Waals surface area (Å²) in [5, 5.41) is 3.78. The van der Waals surface area contributed by atoms with Gasteiger partial charge in [-0.3, -0.25) is 9.59 Å². The first-order valence-corrected chi connectivity index (χ1v) is 12.4. The minimum atomic E-state index is -0.837. The summed E-state index contributed by atoms with van der Waals surface area (Å²) in [5.74, 6) is -1.30. The summed E-state index contributed by atoms with van der Waals surface area (Å²) < 4.78 is 14.5. The van der Waals surface area contributed by atoms with Crippen molar-refractivity contribution in [2.45, 2.75) is 38.8 Å². The number of benzene rings is 3. The first-order valence-electron chi connectivity index (χ1n) is 11.3. The second kappa shape index (κ2) is 12.9. The number of carbonyl (C=O) groups is 2. The average molecular weight is 536 g/mol. The van der Waals surface area contributed by atoms with Gasteiger partial charge in [0.1, 0.15) is 11.9 Å². The van der Waals surface area contributed by atoms with E-state index in [9.17, 15) is 14.0 Å². The van der Waals surface area contributed by atoms with Gasteiger partial charge in [0.05, 0.1) is 16.5 Å². The van der Waals surface area contributed by atoms with E-state index in [0.717, 1.165) is 12.0 Å². The fraction of sp³-hybridized carbons (Fsp3) is 0.259. The minimum absolute atomic E-state index is 0.0822. The molecule has 0 spiro atoms. The van der Waals surface area contributed by atoms with Gasteiger partial charge in [0.2, 0.25) is 11.8 Å². The van der Waals surface area contributed by atoms with Crippen LogP contribution in [0.4, 0.5) is 4.39 Å². The Bertz CT molecular complexity index is 1150. The molecule has 0 aliphatic rings. The van der Waals surface area contributed by atoms with Gasteiger partial charge in [-0.2, -0.15) is 0 Å². The molecule has 1 unspecified atom stereocenters. The highest BCUT2D eigenvalue weighted by Gasteiger charge is 2.31. The molecule has 0 saturated carbocycles. The lowest BCUT2D eigenvalue weighted by molar-refractivity contribution is -0.140. The summed E-state index contributed by atoms with van der Waals surface area (Å²) in [4.78, 5) is 28.4. The molecule has 0 aliphatic carbocycles. The molecule has 1 N–H and O–H groups in total. The first-order chi connectivity index (χ1) is 16.8. The Morgan fingerprint density at radius 3 is 2.31 bits per heavy atom. The van der Waals surface area contributed by atoms with E-state index in [2.05, 4.69) is 5.32 Å². The Kier molecular flexibility index (Phi) is 9.96. The standard InChI is InChI=1S/C27H26Cl3FN2O2/c1-2-13-32-27(35)25(15-18-7-4-3-5-8-18)33(17-19-11-12-22(29)23(30)14-19)26(34)16-20-21(28)9-6-10-24(20)31/h3-12,14,25H,2,13,15-17H2,1H3,(H,32,35). The molecule has 3 rings (SSSR count). The third kappa shape index (κ3) is 7.44. The highest BCUT2D eigenvalue weighted by molar-refractivity contribution is 6.42. The van der Waals surface area contributed by atoms with Gasteiger partial charge in [-0.1, -0.05) is 84.2 Å². The topological polar surface area (TPSA) is 49.4 Å². The van der Waals surface area contributed by atoms with Crippen LogP contribution in [0.1, 0.15) is 30.0 Å². The summed E-state index contributed by atoms with van der Waals surface area (Å²) in [5.41, 5.74) is 1.67. The summed E-state index contributed by atoms with van der Waals surface area (Å²) in [7, 11) is 0. The van der Waals surface area contributed by atoms with E-state index in [0.29, 0.717) is 22.2 Å². The van der Waals surface area contributed by atoms with Crippen molar-refractivity contribution in [3.05, 3.63) is 104 Å². The molecular formula is C27H26Cl3FN2O2. The smallest absolute Gasteiger partial charge is 0.243 e. The van der Waals surface area contributed by atoms with Gasteiger partial charge in [-0.05, 0) is 41.8 Å². The van der Waals surface area contributed by atoms with Gasteiger partial charge in [-0.15, -0.1) is 0 Å². The molecular weight excluding hydrogens is 510 g/mol. The molecule has 0 bridgehead atoms. The van der Waals surface area contributed by atoms with Crippen LogP contribution < -0.4 is 5.32 Å². The Hall–Kier alpha value is -2.60. The Labute approximate surface area is 220 Å². The van der Waals surface area contributed by atoms with Crippen LogP contribution >= 0.6 is 34.8 Å². The molecule has 3 aromatic carbocycles. The van der Waals surface area contributed by atoms with Crippen molar-refractivity contribution in [2.24, 2.45) is 0 Å². The molecule has 3 aromatic rings. The fourth-order valence-corrected chi connectivity index (χ4v) is 4.26. The lowest BCUT2D eigenvalue weighted by atomic mass is 10.0. The third-order valence-electron chi connectivity index (χ3n) is 5.55. The Morgan fingerprint density at radius 1 is 0.914 bits per heavy atom. The number of halogens is 4. The summed E-state index contributed by atoms with van der Waals surface area (Å²) >= 11 is 18.5. The molecule has 4 nitrogen and oxygen atoms in total. The van der Waals surface area contributed by atoms with E-state index in [1.54, 1.807) is 18.2 Å². The largest absolute Gasteiger partial charge is 0.354 e. The molecule has 0 radical (unpaired) electrons. The Morgan fingerprint density at radius 2 is 1.66 bits per heavy atom. The van der Waals surface area contributed by atoms with Crippen molar-refractivity contribution in [2.75, 3.05) is 6.54 Å². The molecule has 2 amide bonds. The first kappa shape index (κ1) is 27.0. The molecule has 1 atom stereocenters. The highest BCUT2D eigenvalue weighted by Crippen LogP contribution is 2.26. The number of nitrogens with one attached hydrogen (secondary N) is 1. The lowest BCUT2D eigenvalue weighted by Crippen LogP contribution is -2.51. The van der Waals surface area contributed by atoms with Crippen molar-refractivity contribution in [3.63, 3.8) is 0 Å². The van der Waals surface area contributed by atoms with E-state index in [-0.39, 0.29) is 35.9 Å². The second-order valence-corrected chi connectivity index (χ2v) is 9.37. The van der Waals surface area contributed by atoms with Crippen molar-refractivity contribution >= 4 is 46.6 Å². The van der Waals surface area contributed by atoms with Crippen LogP contribution in [0.3, 0.4) is 0 Å². The van der Waals surface area contributed by atoms with Crippen LogP contribution in [-0.4, -0.2) is 29.3 Å². The van der Waals surface area contributed by atoms with E-state index >= 15 is 0 Å². The summed E-state index contributed by atoms with van der Waals surface area (Å²) in [6, 6.07) is 17.9. The summed E-state index contributed by atoms with van der Waals surface area (Å²) in [6.45, 7) is 2.50. The maximum atomic E-state index is 14.5. The van der Waals surface area contributed by atoms with Crippen molar-refractivity contribution in [3.8, 4) is 0 Å². The molecule has 0 aliphatic heterocycles. The maximum absolute atomic E-state index is 14.5. The van der Waals surface area contributed by atoms with Crippen LogP contribution in [0, 0.1) is 5.82 Å². The van der Waals surface area contributed by atoms with E-state index in [1.165, 1.54) is 23.1 Å². The predicted octanol–water partition coefficient (Wildman–Crippen LogP) is 6.49. The SMILES string of the molecule is CCCNC(=O)C(Cc1ccccc1)N(Cc1ccc(Cl)c(Cl)c1)C(=O)Cc1c(F)cccc1Cl. The van der Waals surface area contributed by atoms with Crippen LogP contribution in [0.15, 0.2) is 66.7 Å². The van der Waals surface area contributed by atoms with Crippen LogP contribution in [0.5, 0.6) is 0 Å². The van der Waals surface area contributed by atoms with Crippen LogP contribution in [0.2, 0.25) is 15.1 Å². The predicted molar refractivity (Wildman–Crippen MR) is 139 cm³/mol. The molecule has 0 aromatic heterocycles. The monoisotopic (exact) mass is 534 g/mol. The van der Waals surface area contributed by atoms with E-state index < -0.39 is 17.8 Å². The highest BCUT2D eigenvalue weighted by atomic mass is 35.5. The van der Waals surface area contributed by atoms with Gasteiger partial charge < -0.3 is 10.2 Å². The Balaban J connectivity index is 2.01. The number of rotatable bonds is 10. The third-order valence-corrected chi connectivity index (χ3v) is 6.64. The van der Waals surface area contributed by atoms with Crippen molar-refractivity contribution in [1.29, 1.82) is 0 Å². The van der Waals surface area contributed by atoms with Gasteiger partial charge in [0, 0.05) is 30.1 Å². The molecule has 8 heteroatoms. The lowest BCUT2D eigenvalue weighted by Gasteiger charge is -2.32. The zero-order valence-electron chi connectivity index (χ0n) is 19.2. The number of carbonyl (C=O) groups excluding carboxylic acids is 2. The molecule has 35 heavy (non-hydrogen) atoms. The van der Waals surface area contributed by atoms with E-state index in [1.807, 2.05) is 37.3 Å². The van der Waals surface area contributed by atoms with Gasteiger partial charge in [0.25, 0.3) is 0 Å². The molecule has 0 heterocycles. The zero-order valence-corrected chi connectivity index (χ0v) is 21.5. The van der Waals surface area contributed by atoms with Gasteiger partial charge in [0.15, 0.2) is 0 Å². The van der Waals surface area contributed by atoms with Crippen molar-refractivity contribution < 1.29 is 14.0 Å².